The van der Waals surface area contributed by atoms with Crippen LogP contribution in [-0.2, 0) is 7.05 Å². The number of benzene rings is 1. The number of para-hydroxylation sites is 1. The molecule has 4 nitrogen and oxygen atoms in total. The Morgan fingerprint density at radius 1 is 1.45 bits per heavy atom. The van der Waals surface area contributed by atoms with Gasteiger partial charge >= 0.3 is 0 Å². The van der Waals surface area contributed by atoms with E-state index >= 15 is 0 Å². The van der Waals surface area contributed by atoms with Crippen LogP contribution < -0.4 is 11.1 Å². The number of nitrogens with one attached hydrogen (secondary N) is 1. The largest absolute Gasteiger partial charge is 0.349 e. The first kappa shape index (κ1) is 13.5. The Hall–Kier alpha value is -1.52. The number of carbonyl (C=O) groups excluding carboxylic acids is 1. The van der Waals surface area contributed by atoms with E-state index in [0.29, 0.717) is 17.3 Å². The van der Waals surface area contributed by atoms with Crippen LogP contribution in [0.1, 0.15) is 29.8 Å². The van der Waals surface area contributed by atoms with E-state index in [0.717, 1.165) is 30.2 Å². The van der Waals surface area contributed by atoms with Crippen molar-refractivity contribution in [3.63, 3.8) is 0 Å². The van der Waals surface area contributed by atoms with Gasteiger partial charge in [0.05, 0.1) is 5.02 Å². The number of hydrogen-bond acceptors (Lipinski definition) is 2. The first-order chi connectivity index (χ1) is 9.52. The zero-order chi connectivity index (χ0) is 14.3. The number of rotatable bonds is 3. The molecule has 0 aliphatic heterocycles. The van der Waals surface area contributed by atoms with Gasteiger partial charge in [0.1, 0.15) is 5.69 Å². The first-order valence-corrected chi connectivity index (χ1v) is 7.20. The zero-order valence-electron chi connectivity index (χ0n) is 11.4. The Morgan fingerprint density at radius 3 is 2.75 bits per heavy atom. The van der Waals surface area contributed by atoms with Gasteiger partial charge in [0.2, 0.25) is 0 Å². The van der Waals surface area contributed by atoms with E-state index < -0.39 is 0 Å². The van der Waals surface area contributed by atoms with Crippen LogP contribution in [0.2, 0.25) is 5.02 Å². The van der Waals surface area contributed by atoms with Crippen LogP contribution in [0, 0.1) is 0 Å². The Bertz CT molecular complexity index is 634. The lowest BCUT2D eigenvalue weighted by Gasteiger charge is -2.38. The molecule has 0 radical (unpaired) electrons. The van der Waals surface area contributed by atoms with E-state index in [-0.39, 0.29) is 11.4 Å². The lowest BCUT2D eigenvalue weighted by atomic mass is 9.78. The molecular weight excluding hydrogens is 274 g/mol. The molecule has 20 heavy (non-hydrogen) atoms. The molecule has 3 N–H and O–H groups in total. The summed E-state index contributed by atoms with van der Waals surface area (Å²) >= 11 is 6.34. The molecule has 0 saturated heterocycles. The molecule has 1 aromatic heterocycles. The minimum Gasteiger partial charge on any atom is -0.349 e. The number of halogens is 1. The normalized spacial score (nSPS) is 16.9. The molecule has 2 aromatic rings. The van der Waals surface area contributed by atoms with E-state index in [1.807, 2.05) is 35.9 Å². The molecule has 0 unspecified atom stereocenters. The van der Waals surface area contributed by atoms with E-state index in [1.54, 1.807) is 0 Å². The predicted octanol–water partition coefficient (Wildman–Crippen LogP) is 2.44. The highest BCUT2D eigenvalue weighted by Crippen LogP contribution is 2.31. The minimum absolute atomic E-state index is 0.162. The highest BCUT2D eigenvalue weighted by Gasteiger charge is 2.33. The van der Waals surface area contributed by atoms with Gasteiger partial charge in [-0.2, -0.15) is 0 Å². The van der Waals surface area contributed by atoms with Crippen molar-refractivity contribution in [1.82, 2.24) is 9.88 Å². The molecule has 1 saturated carbocycles. The molecule has 1 aliphatic carbocycles. The van der Waals surface area contributed by atoms with Crippen LogP contribution in [0.25, 0.3) is 10.9 Å². The fourth-order valence-corrected chi connectivity index (χ4v) is 3.12. The highest BCUT2D eigenvalue weighted by atomic mass is 35.5. The summed E-state index contributed by atoms with van der Waals surface area (Å²) in [6, 6.07) is 7.72. The third-order valence-electron chi connectivity index (χ3n) is 4.21. The molecule has 0 bridgehead atoms. The molecule has 0 atom stereocenters. The summed E-state index contributed by atoms with van der Waals surface area (Å²) in [6.07, 6.45) is 3.08. The molecule has 106 valence electrons. The van der Waals surface area contributed by atoms with Gasteiger partial charge in [0.25, 0.3) is 5.91 Å². The topological polar surface area (TPSA) is 60.0 Å². The fraction of sp³-hybridized carbons (Fsp3) is 0.400. The molecule has 0 spiro atoms. The highest BCUT2D eigenvalue weighted by molar-refractivity contribution is 6.38. The number of nitrogens with zero attached hydrogens (tertiary/aromatic N) is 1. The monoisotopic (exact) mass is 291 g/mol. The maximum Gasteiger partial charge on any atom is 0.269 e. The van der Waals surface area contributed by atoms with Crippen molar-refractivity contribution < 1.29 is 4.79 Å². The zero-order valence-corrected chi connectivity index (χ0v) is 12.2. The van der Waals surface area contributed by atoms with Crippen molar-refractivity contribution in [2.24, 2.45) is 12.8 Å². The van der Waals surface area contributed by atoms with E-state index in [9.17, 15) is 4.79 Å². The van der Waals surface area contributed by atoms with Gasteiger partial charge in [0, 0.05) is 30.0 Å². The lowest BCUT2D eigenvalue weighted by Crippen LogP contribution is -2.55. The van der Waals surface area contributed by atoms with Gasteiger partial charge in [-0.25, -0.2) is 0 Å². The average Bonchev–Trinajstić information content (AvgIpc) is 2.67. The maximum atomic E-state index is 12.4. The van der Waals surface area contributed by atoms with Crippen LogP contribution >= 0.6 is 11.6 Å². The van der Waals surface area contributed by atoms with Crippen molar-refractivity contribution in [2.75, 3.05) is 6.54 Å². The SMILES string of the molecule is Cn1c(C(=O)NCC2(N)CCC2)c(Cl)c2ccccc21. The van der Waals surface area contributed by atoms with Crippen LogP contribution in [0.4, 0.5) is 0 Å². The summed E-state index contributed by atoms with van der Waals surface area (Å²) in [6.45, 7) is 0.504. The standard InChI is InChI=1S/C15H18ClN3O/c1-19-11-6-3-2-5-10(11)12(16)13(19)14(20)18-9-15(17)7-4-8-15/h2-3,5-6H,4,7-9,17H2,1H3,(H,18,20). The van der Waals surface area contributed by atoms with Crippen molar-refractivity contribution >= 4 is 28.4 Å². The summed E-state index contributed by atoms with van der Waals surface area (Å²) in [5, 5.41) is 4.31. The van der Waals surface area contributed by atoms with Gasteiger partial charge in [-0.05, 0) is 25.3 Å². The van der Waals surface area contributed by atoms with Crippen molar-refractivity contribution in [3.05, 3.63) is 35.0 Å². The van der Waals surface area contributed by atoms with E-state index in [2.05, 4.69) is 5.32 Å². The minimum atomic E-state index is -0.229. The average molecular weight is 292 g/mol. The van der Waals surface area contributed by atoms with E-state index in [1.165, 1.54) is 0 Å². The van der Waals surface area contributed by atoms with Crippen molar-refractivity contribution in [1.29, 1.82) is 0 Å². The number of carbonyl (C=O) groups is 1. The number of nitrogens with two attached hydrogens (primary N) is 1. The van der Waals surface area contributed by atoms with Gasteiger partial charge in [0.15, 0.2) is 0 Å². The second-order valence-electron chi connectivity index (χ2n) is 5.64. The summed E-state index contributed by atoms with van der Waals surface area (Å²) < 4.78 is 1.83. The van der Waals surface area contributed by atoms with Gasteiger partial charge in [-0.3, -0.25) is 4.79 Å². The maximum absolute atomic E-state index is 12.4. The van der Waals surface area contributed by atoms with Crippen molar-refractivity contribution in [3.8, 4) is 0 Å². The van der Waals surface area contributed by atoms with Crippen molar-refractivity contribution in [2.45, 2.75) is 24.8 Å². The van der Waals surface area contributed by atoms with Crippen LogP contribution in [0.15, 0.2) is 24.3 Å². The molecule has 1 heterocycles. The Labute approximate surface area is 122 Å². The van der Waals surface area contributed by atoms with Crippen LogP contribution in [0.5, 0.6) is 0 Å². The Morgan fingerprint density at radius 2 is 2.15 bits per heavy atom. The Kier molecular flexibility index (Phi) is 3.22. The quantitative estimate of drug-likeness (QED) is 0.912. The smallest absolute Gasteiger partial charge is 0.269 e. The Balaban J connectivity index is 1.87. The van der Waals surface area contributed by atoms with E-state index in [4.69, 9.17) is 17.3 Å². The second kappa shape index (κ2) is 4.79. The summed E-state index contributed by atoms with van der Waals surface area (Å²) in [5.74, 6) is -0.162. The first-order valence-electron chi connectivity index (χ1n) is 6.82. The number of aromatic nitrogens is 1. The third-order valence-corrected chi connectivity index (χ3v) is 4.59. The number of hydrogen-bond donors (Lipinski definition) is 2. The number of amides is 1. The molecule has 1 aromatic carbocycles. The molecule has 1 amide bonds. The van der Waals surface area contributed by atoms with Crippen LogP contribution in [-0.4, -0.2) is 22.6 Å². The van der Waals surface area contributed by atoms with Gasteiger partial charge in [-0.1, -0.05) is 29.8 Å². The van der Waals surface area contributed by atoms with Gasteiger partial charge in [-0.15, -0.1) is 0 Å². The second-order valence-corrected chi connectivity index (χ2v) is 6.02. The third kappa shape index (κ3) is 2.09. The number of fused-ring (bicyclic) bond motifs is 1. The summed E-state index contributed by atoms with van der Waals surface area (Å²) in [5.41, 5.74) is 7.35. The molecule has 5 heteroatoms. The fourth-order valence-electron chi connectivity index (χ4n) is 2.75. The molecule has 1 aliphatic rings. The molecule has 1 fully saturated rings. The molecular formula is C15H18ClN3O. The van der Waals surface area contributed by atoms with Gasteiger partial charge < -0.3 is 15.6 Å². The summed E-state index contributed by atoms with van der Waals surface area (Å²) in [4.78, 5) is 12.4. The molecule has 3 rings (SSSR count). The number of aryl methyl sites for hydroxylation is 1. The summed E-state index contributed by atoms with van der Waals surface area (Å²) in [7, 11) is 1.85. The van der Waals surface area contributed by atoms with Crippen LogP contribution in [0.3, 0.4) is 0 Å². The lowest BCUT2D eigenvalue weighted by molar-refractivity contribution is 0.0922. The predicted molar refractivity (Wildman–Crippen MR) is 81.0 cm³/mol.